The Balaban J connectivity index is 2.27. The summed E-state index contributed by atoms with van der Waals surface area (Å²) in [5, 5.41) is 2.73. The quantitative estimate of drug-likeness (QED) is 0.939. The minimum Gasteiger partial charge on any atom is -0.322 e. The van der Waals surface area contributed by atoms with Gasteiger partial charge in [0.05, 0.1) is 10.5 Å². The molecule has 0 aliphatic rings. The summed E-state index contributed by atoms with van der Waals surface area (Å²) in [7, 11) is -3.45. The fraction of sp³-hybridized carbons (Fsp3) is 0.235. The van der Waals surface area contributed by atoms with Gasteiger partial charge in [-0.3, -0.25) is 4.79 Å². The predicted octanol–water partition coefficient (Wildman–Crippen LogP) is 3.47. The molecule has 0 heterocycles. The van der Waals surface area contributed by atoms with Crippen molar-refractivity contribution in [1.82, 2.24) is 0 Å². The summed E-state index contributed by atoms with van der Waals surface area (Å²) in [5.41, 5.74) is 1.96. The molecule has 0 radical (unpaired) electrons. The van der Waals surface area contributed by atoms with Crippen molar-refractivity contribution in [1.29, 1.82) is 0 Å². The van der Waals surface area contributed by atoms with E-state index in [1.165, 1.54) is 17.7 Å². The second-order valence-corrected chi connectivity index (χ2v) is 7.48. The molecule has 4 nitrogen and oxygen atoms in total. The fourth-order valence-corrected chi connectivity index (χ4v) is 3.01. The van der Waals surface area contributed by atoms with Crippen LogP contribution in [0, 0.1) is 0 Å². The van der Waals surface area contributed by atoms with Gasteiger partial charge in [0.1, 0.15) is 0 Å². The summed E-state index contributed by atoms with van der Waals surface area (Å²) < 4.78 is 23.5. The second kappa shape index (κ2) is 6.32. The first-order valence-electron chi connectivity index (χ1n) is 6.99. The second-order valence-electron chi connectivity index (χ2n) is 5.50. The van der Waals surface area contributed by atoms with Crippen molar-refractivity contribution in [3.8, 4) is 0 Å². The SMILES string of the molecule is CC(C)c1ccc(NC(=O)c2ccccc2S(C)(=O)=O)cc1. The van der Waals surface area contributed by atoms with Gasteiger partial charge in [-0.15, -0.1) is 0 Å². The summed E-state index contributed by atoms with van der Waals surface area (Å²) in [6.45, 7) is 4.19. The van der Waals surface area contributed by atoms with E-state index in [0.717, 1.165) is 6.26 Å². The number of sulfone groups is 1. The van der Waals surface area contributed by atoms with E-state index < -0.39 is 15.7 Å². The van der Waals surface area contributed by atoms with E-state index in [9.17, 15) is 13.2 Å². The fourth-order valence-electron chi connectivity index (χ4n) is 2.13. The number of amides is 1. The lowest BCUT2D eigenvalue weighted by atomic mass is 10.0. The highest BCUT2D eigenvalue weighted by Crippen LogP contribution is 2.20. The Kier molecular flexibility index (Phi) is 4.66. The van der Waals surface area contributed by atoms with Crippen LogP contribution in [0.25, 0.3) is 0 Å². The van der Waals surface area contributed by atoms with E-state index in [-0.39, 0.29) is 10.5 Å². The molecule has 0 bridgehead atoms. The summed E-state index contributed by atoms with van der Waals surface area (Å²) >= 11 is 0. The van der Waals surface area contributed by atoms with E-state index in [2.05, 4.69) is 19.2 Å². The average molecular weight is 317 g/mol. The molecule has 0 fully saturated rings. The first kappa shape index (κ1) is 16.2. The zero-order chi connectivity index (χ0) is 16.3. The number of hydrogen-bond acceptors (Lipinski definition) is 3. The van der Waals surface area contributed by atoms with Gasteiger partial charge >= 0.3 is 0 Å². The van der Waals surface area contributed by atoms with Gasteiger partial charge in [0.15, 0.2) is 9.84 Å². The van der Waals surface area contributed by atoms with Crippen LogP contribution in [0.3, 0.4) is 0 Å². The molecule has 22 heavy (non-hydrogen) atoms. The monoisotopic (exact) mass is 317 g/mol. The van der Waals surface area contributed by atoms with Gasteiger partial charge < -0.3 is 5.32 Å². The predicted molar refractivity (Wildman–Crippen MR) is 88.0 cm³/mol. The Morgan fingerprint density at radius 1 is 1.00 bits per heavy atom. The highest BCUT2D eigenvalue weighted by Gasteiger charge is 2.18. The van der Waals surface area contributed by atoms with Crippen LogP contribution in [0.1, 0.15) is 35.7 Å². The number of nitrogens with one attached hydrogen (secondary N) is 1. The van der Waals surface area contributed by atoms with Crippen LogP contribution < -0.4 is 5.32 Å². The molecule has 0 aromatic heterocycles. The van der Waals surface area contributed by atoms with E-state index in [4.69, 9.17) is 0 Å². The lowest BCUT2D eigenvalue weighted by Gasteiger charge is -2.10. The molecule has 0 spiro atoms. The van der Waals surface area contributed by atoms with Crippen molar-refractivity contribution in [2.24, 2.45) is 0 Å². The van der Waals surface area contributed by atoms with Crippen LogP contribution in [0.5, 0.6) is 0 Å². The molecule has 0 aliphatic carbocycles. The summed E-state index contributed by atoms with van der Waals surface area (Å²) in [5.74, 6) is -0.0194. The third kappa shape index (κ3) is 3.74. The molecule has 2 aromatic carbocycles. The first-order valence-corrected chi connectivity index (χ1v) is 8.88. The lowest BCUT2D eigenvalue weighted by Crippen LogP contribution is -2.16. The maximum absolute atomic E-state index is 12.3. The smallest absolute Gasteiger partial charge is 0.256 e. The van der Waals surface area contributed by atoms with Crippen molar-refractivity contribution in [2.75, 3.05) is 11.6 Å². The van der Waals surface area contributed by atoms with Crippen LogP contribution in [-0.2, 0) is 9.84 Å². The molecule has 2 aromatic rings. The molecule has 1 amide bonds. The third-order valence-corrected chi connectivity index (χ3v) is 4.52. The zero-order valence-corrected chi connectivity index (χ0v) is 13.6. The molecule has 1 N–H and O–H groups in total. The maximum Gasteiger partial charge on any atom is 0.256 e. The molecule has 0 unspecified atom stereocenters. The molecule has 0 saturated carbocycles. The summed E-state index contributed by atoms with van der Waals surface area (Å²) in [6, 6.07) is 13.7. The molecule has 116 valence electrons. The van der Waals surface area contributed by atoms with Gasteiger partial charge in [0.25, 0.3) is 5.91 Å². The molecular formula is C17H19NO3S. The number of carbonyl (C=O) groups excluding carboxylic acids is 1. The Bertz CT molecular complexity index is 778. The van der Waals surface area contributed by atoms with Gasteiger partial charge in [-0.2, -0.15) is 0 Å². The minimum atomic E-state index is -3.45. The molecule has 0 atom stereocenters. The van der Waals surface area contributed by atoms with Crippen molar-refractivity contribution in [3.63, 3.8) is 0 Å². The van der Waals surface area contributed by atoms with Gasteiger partial charge in [0, 0.05) is 11.9 Å². The largest absolute Gasteiger partial charge is 0.322 e. The van der Waals surface area contributed by atoms with Crippen LogP contribution in [0.2, 0.25) is 0 Å². The van der Waals surface area contributed by atoms with Crippen LogP contribution in [0.4, 0.5) is 5.69 Å². The first-order chi connectivity index (χ1) is 10.3. The highest BCUT2D eigenvalue weighted by atomic mass is 32.2. The van der Waals surface area contributed by atoms with E-state index in [1.54, 1.807) is 12.1 Å². The summed E-state index contributed by atoms with van der Waals surface area (Å²) in [4.78, 5) is 12.4. The van der Waals surface area contributed by atoms with Gasteiger partial charge in [0.2, 0.25) is 0 Å². The Morgan fingerprint density at radius 3 is 2.14 bits per heavy atom. The molecule has 2 rings (SSSR count). The average Bonchev–Trinajstić information content (AvgIpc) is 2.47. The van der Waals surface area contributed by atoms with Crippen LogP contribution in [0.15, 0.2) is 53.4 Å². The molecule has 0 saturated heterocycles. The summed E-state index contributed by atoms with van der Waals surface area (Å²) in [6.07, 6.45) is 1.09. The molecular weight excluding hydrogens is 298 g/mol. The Hall–Kier alpha value is -2.14. The standard InChI is InChI=1S/C17H19NO3S/c1-12(2)13-8-10-14(11-9-13)18-17(19)15-6-4-5-7-16(15)22(3,20)21/h4-12H,1-3H3,(H,18,19). The van der Waals surface area contributed by atoms with Gasteiger partial charge in [-0.05, 0) is 35.7 Å². The van der Waals surface area contributed by atoms with Crippen molar-refractivity contribution in [2.45, 2.75) is 24.7 Å². The van der Waals surface area contributed by atoms with E-state index >= 15 is 0 Å². The zero-order valence-electron chi connectivity index (χ0n) is 12.8. The number of benzene rings is 2. The van der Waals surface area contributed by atoms with Crippen LogP contribution >= 0.6 is 0 Å². The Labute approximate surface area is 131 Å². The van der Waals surface area contributed by atoms with E-state index in [0.29, 0.717) is 11.6 Å². The van der Waals surface area contributed by atoms with Crippen molar-refractivity contribution >= 4 is 21.4 Å². The number of carbonyl (C=O) groups is 1. The highest BCUT2D eigenvalue weighted by molar-refractivity contribution is 7.90. The number of hydrogen-bond donors (Lipinski definition) is 1. The molecule has 5 heteroatoms. The van der Waals surface area contributed by atoms with Gasteiger partial charge in [-0.1, -0.05) is 38.1 Å². The van der Waals surface area contributed by atoms with Crippen LogP contribution in [-0.4, -0.2) is 20.6 Å². The normalized spacial score (nSPS) is 11.5. The van der Waals surface area contributed by atoms with E-state index in [1.807, 2.05) is 24.3 Å². The van der Waals surface area contributed by atoms with Gasteiger partial charge in [-0.25, -0.2) is 8.42 Å². The number of anilines is 1. The topological polar surface area (TPSA) is 63.2 Å². The van der Waals surface area contributed by atoms with Crippen molar-refractivity contribution < 1.29 is 13.2 Å². The third-order valence-electron chi connectivity index (χ3n) is 3.37. The number of rotatable bonds is 4. The molecule has 0 aliphatic heterocycles. The van der Waals surface area contributed by atoms with Crippen molar-refractivity contribution in [3.05, 3.63) is 59.7 Å². The maximum atomic E-state index is 12.3. The lowest BCUT2D eigenvalue weighted by molar-refractivity contribution is 0.102. The Morgan fingerprint density at radius 2 is 1.59 bits per heavy atom. The minimum absolute atomic E-state index is 0.0336.